The molecule has 13 heavy (non-hydrogen) atoms. The van der Waals surface area contributed by atoms with Crippen LogP contribution in [-0.2, 0) is 13.0 Å². The monoisotopic (exact) mass is 173 g/mol. The molecule has 0 aliphatic heterocycles. The van der Waals surface area contributed by atoms with Crippen molar-refractivity contribution in [3.63, 3.8) is 0 Å². The first-order valence-electron chi connectivity index (χ1n) is 4.63. The highest BCUT2D eigenvalue weighted by Crippen LogP contribution is 2.10. The summed E-state index contributed by atoms with van der Waals surface area (Å²) in [4.78, 5) is 3.35. The van der Waals surface area contributed by atoms with Gasteiger partial charge in [0.25, 0.3) is 0 Å². The molecule has 68 valence electrons. The molecule has 0 aliphatic carbocycles. The van der Waals surface area contributed by atoms with Gasteiger partial charge in [-0.2, -0.15) is 0 Å². The summed E-state index contributed by atoms with van der Waals surface area (Å²) in [5.41, 5.74) is 2.48. The van der Waals surface area contributed by atoms with E-state index < -0.39 is 0 Å². The largest absolute Gasteiger partial charge is 0.312 e. The summed E-state index contributed by atoms with van der Waals surface area (Å²) in [6.07, 6.45) is 1.12. The first-order chi connectivity index (χ1) is 6.22. The van der Waals surface area contributed by atoms with Crippen molar-refractivity contribution in [1.82, 2.24) is 0 Å². The molecule has 0 unspecified atom stereocenters. The fraction of sp³-hybridized carbons (Fsp3) is 0.417. The smallest absolute Gasteiger partial charge is 0.239 e. The summed E-state index contributed by atoms with van der Waals surface area (Å²) in [7, 11) is 0. The normalized spacial score (nSPS) is 10.0. The fourth-order valence-electron chi connectivity index (χ4n) is 1.34. The van der Waals surface area contributed by atoms with Gasteiger partial charge in [0.2, 0.25) is 6.54 Å². The molecular formula is C12H15N. The van der Waals surface area contributed by atoms with Crippen LogP contribution in [0.5, 0.6) is 0 Å². The van der Waals surface area contributed by atoms with Crippen LogP contribution in [0.1, 0.15) is 25.0 Å². The van der Waals surface area contributed by atoms with Gasteiger partial charge in [-0.15, -0.1) is 0 Å². The Labute approximate surface area is 80.2 Å². The van der Waals surface area contributed by atoms with Gasteiger partial charge >= 0.3 is 0 Å². The molecule has 0 spiro atoms. The maximum absolute atomic E-state index is 6.73. The Morgan fingerprint density at radius 3 is 2.15 bits per heavy atom. The van der Waals surface area contributed by atoms with Gasteiger partial charge in [-0.05, 0) is 17.9 Å². The van der Waals surface area contributed by atoms with Crippen LogP contribution in [-0.4, -0.2) is 0 Å². The van der Waals surface area contributed by atoms with Gasteiger partial charge in [0.15, 0.2) is 0 Å². The first-order valence-corrected chi connectivity index (χ1v) is 4.63. The van der Waals surface area contributed by atoms with E-state index in [0.29, 0.717) is 12.5 Å². The van der Waals surface area contributed by atoms with E-state index >= 15 is 0 Å². The summed E-state index contributed by atoms with van der Waals surface area (Å²) in [6, 6.07) is 8.35. The molecule has 0 atom stereocenters. The Hall–Kier alpha value is -1.29. The molecule has 1 aromatic carbocycles. The van der Waals surface area contributed by atoms with E-state index in [4.69, 9.17) is 6.57 Å². The maximum atomic E-state index is 6.73. The molecule has 0 radical (unpaired) electrons. The average Bonchev–Trinajstić information content (AvgIpc) is 2.08. The van der Waals surface area contributed by atoms with Crippen LogP contribution in [0.2, 0.25) is 0 Å². The van der Waals surface area contributed by atoms with Gasteiger partial charge in [-0.25, -0.2) is 6.57 Å². The fourth-order valence-corrected chi connectivity index (χ4v) is 1.34. The van der Waals surface area contributed by atoms with Crippen LogP contribution in [0.25, 0.3) is 4.85 Å². The van der Waals surface area contributed by atoms with E-state index in [-0.39, 0.29) is 0 Å². The molecule has 1 aromatic rings. The SMILES string of the molecule is [C-]#[N+]Cc1ccc(CC(C)C)cc1. The Morgan fingerprint density at radius 2 is 1.69 bits per heavy atom. The van der Waals surface area contributed by atoms with Crippen molar-refractivity contribution in [2.75, 3.05) is 0 Å². The van der Waals surface area contributed by atoms with Crippen LogP contribution >= 0.6 is 0 Å². The Kier molecular flexibility index (Phi) is 3.52. The zero-order chi connectivity index (χ0) is 9.68. The third-order valence-corrected chi connectivity index (χ3v) is 1.93. The second kappa shape index (κ2) is 4.67. The van der Waals surface area contributed by atoms with Crippen molar-refractivity contribution in [1.29, 1.82) is 0 Å². The van der Waals surface area contributed by atoms with Gasteiger partial charge in [-0.3, -0.25) is 0 Å². The van der Waals surface area contributed by atoms with Crippen molar-refractivity contribution in [3.8, 4) is 0 Å². The highest BCUT2D eigenvalue weighted by atomic mass is 14.6. The number of rotatable bonds is 3. The van der Waals surface area contributed by atoms with Gasteiger partial charge < -0.3 is 4.85 Å². The van der Waals surface area contributed by atoms with E-state index in [9.17, 15) is 0 Å². The highest BCUT2D eigenvalue weighted by Gasteiger charge is 1.98. The van der Waals surface area contributed by atoms with E-state index in [1.165, 1.54) is 5.56 Å². The molecule has 0 aromatic heterocycles. The lowest BCUT2D eigenvalue weighted by Crippen LogP contribution is -1.93. The van der Waals surface area contributed by atoms with Gasteiger partial charge in [0.05, 0.1) is 0 Å². The molecule has 0 N–H and O–H groups in total. The molecule has 1 nitrogen and oxygen atoms in total. The Morgan fingerprint density at radius 1 is 1.15 bits per heavy atom. The summed E-state index contributed by atoms with van der Waals surface area (Å²) in [6.45, 7) is 11.7. The molecule has 0 heterocycles. The lowest BCUT2D eigenvalue weighted by molar-refractivity contribution is 0.647. The minimum Gasteiger partial charge on any atom is -0.312 e. The van der Waals surface area contributed by atoms with E-state index in [0.717, 1.165) is 12.0 Å². The van der Waals surface area contributed by atoms with Crippen molar-refractivity contribution in [2.45, 2.75) is 26.8 Å². The van der Waals surface area contributed by atoms with Crippen LogP contribution in [0.3, 0.4) is 0 Å². The van der Waals surface area contributed by atoms with Crippen LogP contribution in [0.4, 0.5) is 0 Å². The van der Waals surface area contributed by atoms with Crippen molar-refractivity contribution in [3.05, 3.63) is 46.8 Å². The quantitative estimate of drug-likeness (QED) is 0.618. The first kappa shape index (κ1) is 9.80. The second-order valence-corrected chi connectivity index (χ2v) is 3.73. The summed E-state index contributed by atoms with van der Waals surface area (Å²) in [5.74, 6) is 0.701. The zero-order valence-corrected chi connectivity index (χ0v) is 8.25. The summed E-state index contributed by atoms with van der Waals surface area (Å²) >= 11 is 0. The summed E-state index contributed by atoms with van der Waals surface area (Å²) in [5, 5.41) is 0. The molecule has 1 rings (SSSR count). The summed E-state index contributed by atoms with van der Waals surface area (Å²) < 4.78 is 0. The lowest BCUT2D eigenvalue weighted by Gasteiger charge is -2.04. The number of benzene rings is 1. The van der Waals surface area contributed by atoms with Crippen molar-refractivity contribution in [2.24, 2.45) is 5.92 Å². The second-order valence-electron chi connectivity index (χ2n) is 3.73. The lowest BCUT2D eigenvalue weighted by atomic mass is 10.0. The molecule has 0 saturated carbocycles. The average molecular weight is 173 g/mol. The molecule has 1 heteroatoms. The van der Waals surface area contributed by atoms with Crippen LogP contribution < -0.4 is 0 Å². The third-order valence-electron chi connectivity index (χ3n) is 1.93. The van der Waals surface area contributed by atoms with E-state index in [1.807, 2.05) is 0 Å². The molecule has 0 saturated heterocycles. The predicted molar refractivity (Wildman–Crippen MR) is 55.3 cm³/mol. The van der Waals surface area contributed by atoms with Crippen molar-refractivity contribution < 1.29 is 0 Å². The standard InChI is InChI=1S/C12H15N/c1-10(2)8-11-4-6-12(7-5-11)9-13-3/h4-7,10H,8-9H2,1-2H3. The minimum atomic E-state index is 0.502. The molecular weight excluding hydrogens is 158 g/mol. The minimum absolute atomic E-state index is 0.502. The van der Waals surface area contributed by atoms with E-state index in [2.05, 4.69) is 43.0 Å². The Bertz CT molecular complexity index is 290. The van der Waals surface area contributed by atoms with Crippen LogP contribution in [0, 0.1) is 12.5 Å². The molecule has 0 amide bonds. The topological polar surface area (TPSA) is 4.36 Å². The molecule has 0 fully saturated rings. The van der Waals surface area contributed by atoms with Crippen LogP contribution in [0.15, 0.2) is 24.3 Å². The maximum Gasteiger partial charge on any atom is 0.239 e. The van der Waals surface area contributed by atoms with Gasteiger partial charge in [-0.1, -0.05) is 38.1 Å². The van der Waals surface area contributed by atoms with E-state index in [1.54, 1.807) is 0 Å². The number of nitrogens with zero attached hydrogens (tertiary/aromatic N) is 1. The zero-order valence-electron chi connectivity index (χ0n) is 8.25. The number of hydrogen-bond donors (Lipinski definition) is 0. The molecule has 0 bridgehead atoms. The Balaban J connectivity index is 2.65. The van der Waals surface area contributed by atoms with Crippen molar-refractivity contribution >= 4 is 0 Å². The third kappa shape index (κ3) is 3.29. The predicted octanol–water partition coefficient (Wildman–Crippen LogP) is 3.30. The van der Waals surface area contributed by atoms with Gasteiger partial charge in [0, 0.05) is 5.56 Å². The molecule has 0 aliphatic rings. The van der Waals surface area contributed by atoms with Gasteiger partial charge in [0.1, 0.15) is 0 Å². The number of hydrogen-bond acceptors (Lipinski definition) is 0. The highest BCUT2D eigenvalue weighted by molar-refractivity contribution is 5.23.